The van der Waals surface area contributed by atoms with Gasteiger partial charge < -0.3 is 4.74 Å². The van der Waals surface area contributed by atoms with E-state index in [-0.39, 0.29) is 11.9 Å². The first-order valence-corrected chi connectivity index (χ1v) is 13.1. The molecule has 0 bridgehead atoms. The average Bonchev–Trinajstić information content (AvgIpc) is 3.25. The van der Waals surface area contributed by atoms with Gasteiger partial charge in [-0.1, -0.05) is 53.8 Å². The number of rotatable bonds is 7. The van der Waals surface area contributed by atoms with Gasteiger partial charge in [-0.2, -0.15) is 0 Å². The molecule has 1 saturated carbocycles. The highest BCUT2D eigenvalue weighted by molar-refractivity contribution is 7.15. The van der Waals surface area contributed by atoms with E-state index in [1.54, 1.807) is 0 Å². The number of hydrogen-bond donors (Lipinski definition) is 1. The fourth-order valence-electron chi connectivity index (χ4n) is 4.54. The number of ether oxygens (including phenoxy) is 1. The van der Waals surface area contributed by atoms with E-state index < -0.39 is 5.60 Å². The van der Waals surface area contributed by atoms with E-state index in [1.807, 2.05) is 51.1 Å². The molecule has 1 aliphatic carbocycles. The Morgan fingerprint density at radius 2 is 1.66 bits per heavy atom. The summed E-state index contributed by atoms with van der Waals surface area (Å²) in [5, 5.41) is 12.6. The minimum atomic E-state index is -0.428. The molecule has 4 rings (SSSR count). The van der Waals surface area contributed by atoms with Crippen molar-refractivity contribution in [3.8, 4) is 0 Å². The van der Waals surface area contributed by atoms with Crippen molar-refractivity contribution in [3.05, 3.63) is 76.3 Å². The summed E-state index contributed by atoms with van der Waals surface area (Å²) in [6.07, 6.45) is 5.34. The quantitative estimate of drug-likeness (QED) is 0.388. The molecule has 35 heavy (non-hydrogen) atoms. The number of amides is 1. The summed E-state index contributed by atoms with van der Waals surface area (Å²) in [5.41, 5.74) is 2.59. The number of carbonyl (C=O) groups excluding carboxylic acids is 2. The van der Waals surface area contributed by atoms with Crippen LogP contribution in [-0.2, 0) is 16.0 Å². The molecule has 1 amide bonds. The van der Waals surface area contributed by atoms with Crippen molar-refractivity contribution in [2.75, 3.05) is 5.32 Å². The molecule has 0 atom stereocenters. The van der Waals surface area contributed by atoms with Crippen molar-refractivity contribution in [2.24, 2.45) is 5.92 Å². The van der Waals surface area contributed by atoms with Crippen LogP contribution in [0.2, 0.25) is 0 Å². The predicted molar refractivity (Wildman–Crippen MR) is 139 cm³/mol. The molecule has 1 aliphatic rings. The molecule has 1 fully saturated rings. The maximum absolute atomic E-state index is 12.7. The second kappa shape index (κ2) is 11.1. The van der Waals surface area contributed by atoms with Crippen molar-refractivity contribution in [1.29, 1.82) is 0 Å². The number of esters is 1. The molecule has 184 valence electrons. The van der Waals surface area contributed by atoms with Gasteiger partial charge in [0.15, 0.2) is 0 Å². The van der Waals surface area contributed by atoms with E-state index in [1.165, 1.54) is 16.9 Å². The Morgan fingerprint density at radius 3 is 2.31 bits per heavy atom. The summed E-state index contributed by atoms with van der Waals surface area (Å²) in [6, 6.07) is 17.9. The van der Waals surface area contributed by atoms with Crippen LogP contribution >= 0.6 is 11.3 Å². The molecule has 1 heterocycles. The van der Waals surface area contributed by atoms with Gasteiger partial charge in [0, 0.05) is 18.4 Å². The highest BCUT2D eigenvalue weighted by atomic mass is 32.1. The van der Waals surface area contributed by atoms with Gasteiger partial charge in [0.25, 0.3) is 5.91 Å². The minimum absolute atomic E-state index is 0.0982. The molecule has 0 radical (unpaired) electrons. The van der Waals surface area contributed by atoms with E-state index in [0.29, 0.717) is 35.4 Å². The van der Waals surface area contributed by atoms with Crippen LogP contribution in [0, 0.1) is 5.92 Å². The zero-order valence-corrected chi connectivity index (χ0v) is 21.4. The average molecular weight is 492 g/mol. The molecular formula is C28H33N3O3S. The molecule has 1 N–H and O–H groups in total. The third kappa shape index (κ3) is 7.46. The molecule has 0 unspecified atom stereocenters. The molecule has 3 aromatic rings. The first kappa shape index (κ1) is 25.0. The summed E-state index contributed by atoms with van der Waals surface area (Å²) >= 11 is 1.40. The number of aromatic nitrogens is 2. The number of anilines is 1. The highest BCUT2D eigenvalue weighted by Crippen LogP contribution is 2.37. The van der Waals surface area contributed by atoms with Crippen molar-refractivity contribution in [2.45, 2.75) is 70.8 Å². The number of hydrogen-bond acceptors (Lipinski definition) is 6. The Balaban J connectivity index is 1.26. The van der Waals surface area contributed by atoms with Gasteiger partial charge in [-0.3, -0.25) is 14.9 Å². The number of carbonyl (C=O) groups is 2. The van der Waals surface area contributed by atoms with Crippen LogP contribution in [0.4, 0.5) is 5.13 Å². The Labute approximate surface area is 211 Å². The first-order chi connectivity index (χ1) is 16.7. The number of nitrogens with zero attached hydrogens (tertiary/aromatic N) is 2. The van der Waals surface area contributed by atoms with E-state index in [4.69, 9.17) is 4.74 Å². The van der Waals surface area contributed by atoms with Crippen LogP contribution in [0.5, 0.6) is 0 Å². The van der Waals surface area contributed by atoms with E-state index in [9.17, 15) is 9.59 Å². The molecule has 0 saturated heterocycles. The van der Waals surface area contributed by atoms with Gasteiger partial charge in [-0.15, -0.1) is 10.2 Å². The third-order valence-electron chi connectivity index (χ3n) is 6.25. The summed E-state index contributed by atoms with van der Waals surface area (Å²) in [5.74, 6) is 0.578. The van der Waals surface area contributed by atoms with Crippen LogP contribution in [-0.4, -0.2) is 27.7 Å². The van der Waals surface area contributed by atoms with Gasteiger partial charge in [-0.05, 0) is 81.5 Å². The lowest BCUT2D eigenvalue weighted by atomic mass is 9.77. The van der Waals surface area contributed by atoms with E-state index in [2.05, 4.69) is 39.8 Å². The van der Waals surface area contributed by atoms with Crippen molar-refractivity contribution >= 4 is 28.3 Å². The minimum Gasteiger partial charge on any atom is -0.460 e. The molecular weight excluding hydrogens is 458 g/mol. The maximum atomic E-state index is 12.7. The highest BCUT2D eigenvalue weighted by Gasteiger charge is 2.26. The summed E-state index contributed by atoms with van der Waals surface area (Å²) in [7, 11) is 0. The smallest absolute Gasteiger partial charge is 0.306 e. The Kier molecular flexibility index (Phi) is 7.96. The zero-order valence-electron chi connectivity index (χ0n) is 20.6. The van der Waals surface area contributed by atoms with Gasteiger partial charge in [0.2, 0.25) is 5.13 Å². The maximum Gasteiger partial charge on any atom is 0.306 e. The van der Waals surface area contributed by atoms with Crippen molar-refractivity contribution in [1.82, 2.24) is 10.2 Å². The van der Waals surface area contributed by atoms with Crippen LogP contribution in [0.1, 0.15) is 85.3 Å². The van der Waals surface area contributed by atoms with Crippen LogP contribution < -0.4 is 5.32 Å². The normalized spacial score (nSPS) is 18.1. The monoisotopic (exact) mass is 491 g/mol. The fourth-order valence-corrected chi connectivity index (χ4v) is 5.31. The van der Waals surface area contributed by atoms with Gasteiger partial charge in [-0.25, -0.2) is 0 Å². The Morgan fingerprint density at radius 1 is 0.971 bits per heavy atom. The molecule has 0 spiro atoms. The number of benzene rings is 2. The Bertz CT molecular complexity index is 1130. The molecule has 1 aromatic heterocycles. The van der Waals surface area contributed by atoms with Crippen LogP contribution in [0.25, 0.3) is 0 Å². The standard InChI is InChI=1S/C28H33N3O3S/c1-28(2,3)34-25(32)18-20-9-11-21(12-10-20)22-13-15-23(16-14-22)26(33)29-27-31-30-24(35-27)17-19-7-5-4-6-8-19/h4-8,13-16,20-21H,9-12,17-18H2,1-3H3,(H,29,31,33)/t20-,21-. The molecule has 0 aliphatic heterocycles. The van der Waals surface area contributed by atoms with E-state index >= 15 is 0 Å². The largest absolute Gasteiger partial charge is 0.460 e. The van der Waals surface area contributed by atoms with Crippen LogP contribution in [0.15, 0.2) is 54.6 Å². The van der Waals surface area contributed by atoms with Crippen molar-refractivity contribution in [3.63, 3.8) is 0 Å². The molecule has 7 heteroatoms. The first-order valence-electron chi connectivity index (χ1n) is 12.2. The molecule has 2 aromatic carbocycles. The third-order valence-corrected chi connectivity index (χ3v) is 7.09. The zero-order chi connectivity index (χ0) is 24.8. The summed E-state index contributed by atoms with van der Waals surface area (Å²) in [6.45, 7) is 5.72. The second-order valence-corrected chi connectivity index (χ2v) is 11.3. The van der Waals surface area contributed by atoms with Gasteiger partial charge in [0.1, 0.15) is 10.6 Å². The lowest BCUT2D eigenvalue weighted by Crippen LogP contribution is -2.26. The fraction of sp³-hybridized carbons (Fsp3) is 0.429. The lowest BCUT2D eigenvalue weighted by Gasteiger charge is -2.29. The predicted octanol–water partition coefficient (Wildman–Crippen LogP) is 6.39. The van der Waals surface area contributed by atoms with E-state index in [0.717, 1.165) is 36.3 Å². The van der Waals surface area contributed by atoms with Crippen LogP contribution in [0.3, 0.4) is 0 Å². The SMILES string of the molecule is CC(C)(C)OC(=O)C[C@H]1CC[C@H](c2ccc(C(=O)Nc3nnc(Cc4ccccc4)s3)cc2)CC1. The van der Waals surface area contributed by atoms with Gasteiger partial charge >= 0.3 is 5.97 Å². The summed E-state index contributed by atoms with van der Waals surface area (Å²) in [4.78, 5) is 24.8. The Hall–Kier alpha value is -3.06. The van der Waals surface area contributed by atoms with Crippen molar-refractivity contribution < 1.29 is 14.3 Å². The summed E-state index contributed by atoms with van der Waals surface area (Å²) < 4.78 is 5.47. The lowest BCUT2D eigenvalue weighted by molar-refractivity contribution is -0.156. The number of nitrogens with one attached hydrogen (secondary N) is 1. The topological polar surface area (TPSA) is 81.2 Å². The second-order valence-electron chi connectivity index (χ2n) is 10.2. The van der Waals surface area contributed by atoms with Gasteiger partial charge in [0.05, 0.1) is 0 Å². The molecule has 6 nitrogen and oxygen atoms in total.